The largest absolute Gasteiger partial charge is 0.493 e. The van der Waals surface area contributed by atoms with Crippen molar-refractivity contribution in [3.05, 3.63) is 41.9 Å². The molecule has 0 bridgehead atoms. The summed E-state index contributed by atoms with van der Waals surface area (Å²) in [5.41, 5.74) is 1.18. The molecule has 1 atom stereocenters. The van der Waals surface area contributed by atoms with Crippen LogP contribution in [-0.2, 0) is 6.54 Å². The summed E-state index contributed by atoms with van der Waals surface area (Å²) < 4.78 is 16.1. The Balaban J connectivity index is 2.15. The molecule has 5 heteroatoms. The minimum atomic E-state index is 0.155. The van der Waals surface area contributed by atoms with Crippen LogP contribution >= 0.6 is 11.8 Å². The topological polar surface area (TPSA) is 43.6 Å². The van der Waals surface area contributed by atoms with Gasteiger partial charge in [0.1, 0.15) is 5.76 Å². The lowest BCUT2D eigenvalue weighted by Gasteiger charge is -2.16. The fourth-order valence-electron chi connectivity index (χ4n) is 2.13. The summed E-state index contributed by atoms with van der Waals surface area (Å²) in [4.78, 5) is 1.17. The third-order valence-electron chi connectivity index (χ3n) is 3.36. The number of methoxy groups -OCH3 is 2. The minimum absolute atomic E-state index is 0.155. The van der Waals surface area contributed by atoms with Crippen molar-refractivity contribution >= 4 is 11.8 Å². The molecule has 0 amide bonds. The first-order valence-corrected chi connectivity index (χ1v) is 7.97. The predicted molar refractivity (Wildman–Crippen MR) is 85.3 cm³/mol. The number of nitrogens with one attached hydrogen (secondary N) is 1. The average Bonchev–Trinajstić information content (AvgIpc) is 3.06. The second kappa shape index (κ2) is 7.43. The molecule has 1 aromatic heterocycles. The van der Waals surface area contributed by atoms with Gasteiger partial charge in [0.25, 0.3) is 0 Å². The van der Waals surface area contributed by atoms with Crippen LogP contribution in [0.1, 0.15) is 24.3 Å². The molecule has 1 N–H and O–H groups in total. The Morgan fingerprint density at radius 3 is 2.52 bits per heavy atom. The summed E-state index contributed by atoms with van der Waals surface area (Å²) in [6, 6.07) is 8.06. The van der Waals surface area contributed by atoms with Gasteiger partial charge in [-0.25, -0.2) is 0 Å². The molecule has 21 heavy (non-hydrogen) atoms. The predicted octanol–water partition coefficient (Wildman–Crippen LogP) is 3.87. The molecule has 0 radical (unpaired) electrons. The van der Waals surface area contributed by atoms with E-state index in [-0.39, 0.29) is 6.04 Å². The van der Waals surface area contributed by atoms with Crippen LogP contribution in [0.5, 0.6) is 11.5 Å². The third-order valence-corrected chi connectivity index (χ3v) is 4.18. The number of hydrogen-bond donors (Lipinski definition) is 1. The zero-order valence-corrected chi connectivity index (χ0v) is 13.6. The molecular weight excluding hydrogens is 286 g/mol. The average molecular weight is 307 g/mol. The Hall–Kier alpha value is -1.59. The van der Waals surface area contributed by atoms with Crippen molar-refractivity contribution in [1.29, 1.82) is 0 Å². The van der Waals surface area contributed by atoms with Crippen LogP contribution in [0, 0.1) is 0 Å². The maximum atomic E-state index is 5.41. The number of rotatable bonds is 7. The van der Waals surface area contributed by atoms with Gasteiger partial charge in [0, 0.05) is 11.4 Å². The maximum absolute atomic E-state index is 5.41. The SMILES string of the molecule is COc1cc(CN[C@@H](C)c2ccco2)c(SC)cc1OC. The van der Waals surface area contributed by atoms with E-state index in [9.17, 15) is 0 Å². The second-order valence-corrected chi connectivity index (χ2v) is 5.49. The van der Waals surface area contributed by atoms with E-state index in [1.54, 1.807) is 32.2 Å². The van der Waals surface area contributed by atoms with Crippen molar-refractivity contribution < 1.29 is 13.9 Å². The molecule has 114 valence electrons. The molecule has 0 aliphatic carbocycles. The van der Waals surface area contributed by atoms with Crippen molar-refractivity contribution in [2.24, 2.45) is 0 Å². The molecule has 2 aromatic rings. The molecule has 1 heterocycles. The summed E-state index contributed by atoms with van der Waals surface area (Å²) >= 11 is 1.69. The van der Waals surface area contributed by atoms with Gasteiger partial charge < -0.3 is 19.2 Å². The van der Waals surface area contributed by atoms with Crippen molar-refractivity contribution in [2.75, 3.05) is 20.5 Å². The molecule has 0 aliphatic rings. The van der Waals surface area contributed by atoms with Gasteiger partial charge in [-0.1, -0.05) is 0 Å². The van der Waals surface area contributed by atoms with Gasteiger partial charge in [-0.2, -0.15) is 0 Å². The van der Waals surface area contributed by atoms with Gasteiger partial charge in [-0.15, -0.1) is 11.8 Å². The van der Waals surface area contributed by atoms with Crippen LogP contribution in [-0.4, -0.2) is 20.5 Å². The van der Waals surface area contributed by atoms with Crippen molar-refractivity contribution in [3.63, 3.8) is 0 Å². The van der Waals surface area contributed by atoms with Gasteiger partial charge in [0.05, 0.1) is 26.5 Å². The highest BCUT2D eigenvalue weighted by molar-refractivity contribution is 7.98. The van der Waals surface area contributed by atoms with E-state index >= 15 is 0 Å². The lowest BCUT2D eigenvalue weighted by Crippen LogP contribution is -2.18. The first-order chi connectivity index (χ1) is 10.2. The molecule has 4 nitrogen and oxygen atoms in total. The Morgan fingerprint density at radius 1 is 1.24 bits per heavy atom. The maximum Gasteiger partial charge on any atom is 0.161 e. The second-order valence-electron chi connectivity index (χ2n) is 4.64. The molecule has 0 unspecified atom stereocenters. The van der Waals surface area contributed by atoms with Crippen LogP contribution < -0.4 is 14.8 Å². The van der Waals surface area contributed by atoms with Crippen molar-refractivity contribution in [3.8, 4) is 11.5 Å². The Bertz CT molecular complexity index is 569. The van der Waals surface area contributed by atoms with Gasteiger partial charge in [-0.3, -0.25) is 0 Å². The van der Waals surface area contributed by atoms with E-state index < -0.39 is 0 Å². The lowest BCUT2D eigenvalue weighted by atomic mass is 10.1. The van der Waals surface area contributed by atoms with Crippen molar-refractivity contribution in [1.82, 2.24) is 5.32 Å². The van der Waals surface area contributed by atoms with E-state index in [1.165, 1.54) is 10.5 Å². The third kappa shape index (κ3) is 3.74. The molecule has 0 spiro atoms. The van der Waals surface area contributed by atoms with Gasteiger partial charge in [0.2, 0.25) is 0 Å². The summed E-state index contributed by atoms with van der Waals surface area (Å²) in [6.45, 7) is 2.82. The molecule has 0 saturated carbocycles. The fourth-order valence-corrected chi connectivity index (χ4v) is 2.75. The van der Waals surface area contributed by atoms with Gasteiger partial charge in [0.15, 0.2) is 11.5 Å². The summed E-state index contributed by atoms with van der Waals surface area (Å²) in [5.74, 6) is 2.43. The molecule has 2 rings (SSSR count). The smallest absolute Gasteiger partial charge is 0.161 e. The van der Waals surface area contributed by atoms with Gasteiger partial charge >= 0.3 is 0 Å². The number of hydrogen-bond acceptors (Lipinski definition) is 5. The Labute approximate surface area is 129 Å². The van der Waals surface area contributed by atoms with Crippen molar-refractivity contribution in [2.45, 2.75) is 24.4 Å². The normalized spacial score (nSPS) is 12.2. The minimum Gasteiger partial charge on any atom is -0.493 e. The lowest BCUT2D eigenvalue weighted by molar-refractivity contribution is 0.353. The molecule has 0 fully saturated rings. The Kier molecular flexibility index (Phi) is 5.59. The molecular formula is C16H21NO3S. The van der Waals surface area contributed by atoms with E-state index in [1.807, 2.05) is 24.3 Å². The first kappa shape index (κ1) is 15.8. The quantitative estimate of drug-likeness (QED) is 0.787. The zero-order valence-electron chi connectivity index (χ0n) is 12.8. The molecule has 0 saturated heterocycles. The number of benzene rings is 1. The van der Waals surface area contributed by atoms with Crippen LogP contribution in [0.25, 0.3) is 0 Å². The van der Waals surface area contributed by atoms with E-state index in [0.717, 1.165) is 23.8 Å². The first-order valence-electron chi connectivity index (χ1n) is 6.75. The highest BCUT2D eigenvalue weighted by atomic mass is 32.2. The van der Waals surface area contributed by atoms with Crippen LogP contribution in [0.3, 0.4) is 0 Å². The zero-order chi connectivity index (χ0) is 15.2. The monoisotopic (exact) mass is 307 g/mol. The number of thioether (sulfide) groups is 1. The number of ether oxygens (including phenoxy) is 2. The standard InChI is InChI=1S/C16H21NO3S/c1-11(13-6-5-7-20-13)17-10-12-8-14(18-2)15(19-3)9-16(12)21-4/h5-9,11,17H,10H2,1-4H3/t11-/m0/s1. The fraction of sp³-hybridized carbons (Fsp3) is 0.375. The van der Waals surface area contributed by atoms with E-state index in [2.05, 4.69) is 18.5 Å². The van der Waals surface area contributed by atoms with Crippen LogP contribution in [0.15, 0.2) is 39.8 Å². The molecule has 0 aliphatic heterocycles. The van der Waals surface area contributed by atoms with Crippen LogP contribution in [0.2, 0.25) is 0 Å². The van der Waals surface area contributed by atoms with E-state index in [0.29, 0.717) is 0 Å². The number of furan rings is 1. The summed E-state index contributed by atoms with van der Waals surface area (Å²) in [7, 11) is 3.30. The highest BCUT2D eigenvalue weighted by Crippen LogP contribution is 2.34. The van der Waals surface area contributed by atoms with Crippen LogP contribution in [0.4, 0.5) is 0 Å². The van der Waals surface area contributed by atoms with E-state index in [4.69, 9.17) is 13.9 Å². The summed E-state index contributed by atoms with van der Waals surface area (Å²) in [5, 5.41) is 3.46. The Morgan fingerprint density at radius 2 is 1.95 bits per heavy atom. The van der Waals surface area contributed by atoms with Gasteiger partial charge in [-0.05, 0) is 43.0 Å². The summed E-state index contributed by atoms with van der Waals surface area (Å²) in [6.07, 6.45) is 3.75. The molecule has 1 aromatic carbocycles. The highest BCUT2D eigenvalue weighted by Gasteiger charge is 2.13.